The first kappa shape index (κ1) is 26.5. The monoisotopic (exact) mass is 538 g/mol. The Balaban J connectivity index is 1.36. The summed E-state index contributed by atoms with van der Waals surface area (Å²) in [6.07, 6.45) is -3.35. The van der Waals surface area contributed by atoms with Gasteiger partial charge >= 0.3 is 12.1 Å². The van der Waals surface area contributed by atoms with Crippen molar-refractivity contribution in [2.24, 2.45) is 0 Å². The van der Waals surface area contributed by atoms with Gasteiger partial charge in [0.15, 0.2) is 0 Å². The fraction of sp³-hybridized carbons (Fsp3) is 0.391. The van der Waals surface area contributed by atoms with Gasteiger partial charge < -0.3 is 14.3 Å². The molecule has 0 N–H and O–H groups in total. The molecular weight excluding hydrogens is 513 g/mol. The highest BCUT2D eigenvalue weighted by Gasteiger charge is 2.38. The fourth-order valence-corrected chi connectivity index (χ4v) is 5.42. The summed E-state index contributed by atoms with van der Waals surface area (Å²) in [5, 5.41) is 3.35. The van der Waals surface area contributed by atoms with E-state index < -0.39 is 22.1 Å². The first-order valence-corrected chi connectivity index (χ1v) is 13.0. The number of nitrogens with zero attached hydrogens (tertiary/aromatic N) is 6. The van der Waals surface area contributed by atoms with E-state index >= 15 is 0 Å². The number of hydrogen-bond acceptors (Lipinski definition) is 8. The van der Waals surface area contributed by atoms with Crippen molar-refractivity contribution >= 4 is 21.7 Å². The van der Waals surface area contributed by atoms with E-state index in [0.29, 0.717) is 50.6 Å². The van der Waals surface area contributed by atoms with Crippen LogP contribution in [-0.4, -0.2) is 77.9 Å². The van der Waals surface area contributed by atoms with E-state index in [-0.39, 0.29) is 22.2 Å². The van der Waals surface area contributed by atoms with Crippen molar-refractivity contribution in [3.63, 3.8) is 0 Å². The van der Waals surface area contributed by atoms with Crippen molar-refractivity contribution in [2.45, 2.75) is 24.9 Å². The van der Waals surface area contributed by atoms with E-state index in [9.17, 15) is 26.4 Å². The lowest BCUT2D eigenvalue weighted by molar-refractivity contribution is -0.159. The third kappa shape index (κ3) is 5.59. The van der Waals surface area contributed by atoms with Crippen molar-refractivity contribution in [1.82, 2.24) is 24.3 Å². The number of amides is 1. The summed E-state index contributed by atoms with van der Waals surface area (Å²) >= 11 is 0. The number of piperazine rings is 1. The van der Waals surface area contributed by atoms with Crippen molar-refractivity contribution in [3.05, 3.63) is 54.0 Å². The molecule has 1 aliphatic rings. The number of halogens is 3. The van der Waals surface area contributed by atoms with Crippen molar-refractivity contribution in [1.29, 1.82) is 0 Å². The van der Waals surface area contributed by atoms with Crippen molar-refractivity contribution in [3.8, 4) is 11.4 Å². The molecule has 1 aliphatic heterocycles. The maximum absolute atomic E-state index is 13.0. The molecule has 0 unspecified atom stereocenters. The predicted molar refractivity (Wildman–Crippen MR) is 127 cm³/mol. The summed E-state index contributed by atoms with van der Waals surface area (Å²) in [6, 6.07) is 9.14. The van der Waals surface area contributed by atoms with Gasteiger partial charge in [-0.1, -0.05) is 19.0 Å². The number of anilines is 1. The Bertz CT molecular complexity index is 1330. The molecule has 0 bridgehead atoms. The molecule has 1 fully saturated rings. The van der Waals surface area contributed by atoms with E-state index in [1.807, 2.05) is 4.90 Å². The second-order valence-corrected chi connectivity index (χ2v) is 10.2. The summed E-state index contributed by atoms with van der Waals surface area (Å²) in [5.74, 6) is -1.24. The van der Waals surface area contributed by atoms with Crippen molar-refractivity contribution in [2.75, 3.05) is 44.2 Å². The Morgan fingerprint density at radius 1 is 1.03 bits per heavy atom. The molecule has 0 saturated carbocycles. The quantitative estimate of drug-likeness (QED) is 0.451. The largest absolute Gasteiger partial charge is 0.471 e. The molecule has 37 heavy (non-hydrogen) atoms. The molecule has 2 aromatic heterocycles. The number of benzene rings is 1. The van der Waals surface area contributed by atoms with Crippen LogP contribution in [0.1, 0.15) is 30.1 Å². The highest BCUT2D eigenvalue weighted by molar-refractivity contribution is 7.89. The number of carbonyl (C=O) groups is 1. The van der Waals surface area contributed by atoms with Gasteiger partial charge in [-0.25, -0.2) is 13.4 Å². The molecular formula is C23H25F3N6O4S. The van der Waals surface area contributed by atoms with Gasteiger partial charge in [0.1, 0.15) is 5.82 Å². The van der Waals surface area contributed by atoms with Gasteiger partial charge in [0.25, 0.3) is 5.91 Å². The molecule has 4 rings (SSSR count). The molecule has 0 radical (unpaired) electrons. The van der Waals surface area contributed by atoms with Crippen LogP contribution in [0.2, 0.25) is 0 Å². The molecule has 1 amide bonds. The molecule has 1 aromatic carbocycles. The third-order valence-corrected chi connectivity index (χ3v) is 8.07. The summed E-state index contributed by atoms with van der Waals surface area (Å²) in [4.78, 5) is 24.4. The summed E-state index contributed by atoms with van der Waals surface area (Å²) in [6.45, 7) is 6.07. The minimum Gasteiger partial charge on any atom is -0.353 e. The van der Waals surface area contributed by atoms with Gasteiger partial charge in [-0.15, -0.1) is 0 Å². The first-order chi connectivity index (χ1) is 17.5. The molecule has 0 aliphatic carbocycles. The van der Waals surface area contributed by atoms with E-state index in [0.717, 1.165) is 0 Å². The van der Waals surface area contributed by atoms with E-state index in [4.69, 9.17) is 0 Å². The second-order valence-electron chi connectivity index (χ2n) is 8.22. The number of sulfonamides is 1. The van der Waals surface area contributed by atoms with Crippen LogP contribution in [0.15, 0.2) is 52.0 Å². The smallest absolute Gasteiger partial charge is 0.353 e. The topological polar surface area (TPSA) is 113 Å². The molecule has 3 heterocycles. The zero-order valence-electron chi connectivity index (χ0n) is 20.1. The number of carbonyl (C=O) groups excluding carboxylic acids is 1. The van der Waals surface area contributed by atoms with Crippen LogP contribution in [0, 0.1) is 0 Å². The Morgan fingerprint density at radius 3 is 2.19 bits per heavy atom. The van der Waals surface area contributed by atoms with E-state index in [1.54, 1.807) is 30.9 Å². The minimum absolute atomic E-state index is 0.141. The third-order valence-electron chi connectivity index (χ3n) is 6.01. The maximum Gasteiger partial charge on any atom is 0.471 e. The lowest BCUT2D eigenvalue weighted by Gasteiger charge is -2.35. The van der Waals surface area contributed by atoms with Gasteiger partial charge in [-0.2, -0.15) is 22.5 Å². The van der Waals surface area contributed by atoms with Crippen LogP contribution >= 0.6 is 0 Å². The van der Waals surface area contributed by atoms with Crippen LogP contribution in [0.5, 0.6) is 0 Å². The first-order valence-electron chi connectivity index (χ1n) is 11.6. The molecule has 1 saturated heterocycles. The molecule has 14 heteroatoms. The van der Waals surface area contributed by atoms with E-state index in [2.05, 4.69) is 19.6 Å². The predicted octanol–water partition coefficient (Wildman–Crippen LogP) is 3.14. The summed E-state index contributed by atoms with van der Waals surface area (Å²) in [7, 11) is -3.60. The molecule has 0 atom stereocenters. The maximum atomic E-state index is 13.0. The SMILES string of the molecule is CCN(CC)S(=O)(=O)c1ccc(C(=O)N2CCN(c3ccc(-c4noc(C(F)(F)F)n4)cn3)CC2)cc1. The number of hydrogen-bond donors (Lipinski definition) is 0. The van der Waals surface area contributed by atoms with Gasteiger partial charge in [0, 0.05) is 56.6 Å². The molecule has 198 valence electrons. The van der Waals surface area contributed by atoms with Crippen LogP contribution in [0.3, 0.4) is 0 Å². The van der Waals surface area contributed by atoms with Crippen LogP contribution in [-0.2, 0) is 16.2 Å². The standard InChI is InChI=1S/C23H25F3N6O4S/c1-3-32(4-2)37(34,35)18-8-5-16(6-9-18)21(33)31-13-11-30(12-14-31)19-10-7-17(15-27-19)20-28-22(36-29-20)23(24,25)26/h5-10,15H,3-4,11-14H2,1-2H3. The van der Waals surface area contributed by atoms with Gasteiger partial charge in [0.05, 0.1) is 4.90 Å². The zero-order chi connectivity index (χ0) is 26.8. The number of pyridine rings is 1. The van der Waals surface area contributed by atoms with Gasteiger partial charge in [-0.3, -0.25) is 4.79 Å². The minimum atomic E-state index is -4.72. The van der Waals surface area contributed by atoms with Crippen LogP contribution < -0.4 is 4.90 Å². The average Bonchev–Trinajstić information content (AvgIpc) is 3.40. The zero-order valence-corrected chi connectivity index (χ0v) is 21.0. The molecule has 0 spiro atoms. The highest BCUT2D eigenvalue weighted by atomic mass is 32.2. The summed E-state index contributed by atoms with van der Waals surface area (Å²) < 4.78 is 68.9. The Morgan fingerprint density at radius 2 is 1.68 bits per heavy atom. The Labute approximate surface area is 211 Å². The molecule has 10 nitrogen and oxygen atoms in total. The Kier molecular flexibility index (Phi) is 7.50. The van der Waals surface area contributed by atoms with Crippen LogP contribution in [0.4, 0.5) is 19.0 Å². The Hall–Kier alpha value is -3.52. The number of alkyl halides is 3. The van der Waals surface area contributed by atoms with E-state index in [1.165, 1.54) is 34.8 Å². The van der Waals surface area contributed by atoms with Crippen molar-refractivity contribution < 1.29 is 30.9 Å². The van der Waals surface area contributed by atoms with Crippen LogP contribution in [0.25, 0.3) is 11.4 Å². The van der Waals surface area contributed by atoms with Gasteiger partial charge in [-0.05, 0) is 36.4 Å². The lowest BCUT2D eigenvalue weighted by atomic mass is 10.2. The normalized spacial score (nSPS) is 14.9. The molecule has 3 aromatic rings. The average molecular weight is 539 g/mol. The van der Waals surface area contributed by atoms with Gasteiger partial charge in [0.2, 0.25) is 15.8 Å². The lowest BCUT2D eigenvalue weighted by Crippen LogP contribution is -2.49. The second kappa shape index (κ2) is 10.5. The highest BCUT2D eigenvalue weighted by Crippen LogP contribution is 2.29. The number of rotatable bonds is 7. The fourth-order valence-electron chi connectivity index (χ4n) is 3.96. The number of aromatic nitrogens is 3. The summed E-state index contributed by atoms with van der Waals surface area (Å²) in [5.41, 5.74) is 0.677.